The van der Waals surface area contributed by atoms with Crippen molar-refractivity contribution >= 4 is 22.5 Å². The van der Waals surface area contributed by atoms with E-state index in [1.54, 1.807) is 14.2 Å². The lowest BCUT2D eigenvalue weighted by molar-refractivity contribution is 0.0748. The van der Waals surface area contributed by atoms with Gasteiger partial charge in [-0.3, -0.25) is 4.79 Å². The number of amides is 1. The molecule has 0 radical (unpaired) electrons. The van der Waals surface area contributed by atoms with Crippen molar-refractivity contribution in [3.8, 4) is 28.5 Å². The van der Waals surface area contributed by atoms with Crippen LogP contribution in [0.4, 0.5) is 5.69 Å². The maximum absolute atomic E-state index is 14.0. The Morgan fingerprint density at radius 3 is 2.42 bits per heavy atom. The second-order valence-electron chi connectivity index (χ2n) is 9.32. The number of fused-ring (bicyclic) bond motifs is 1. The summed E-state index contributed by atoms with van der Waals surface area (Å²) in [6.45, 7) is 7.35. The molecule has 4 aromatic rings. The summed E-state index contributed by atoms with van der Waals surface area (Å²) in [7, 11) is 3.24. The van der Waals surface area contributed by atoms with E-state index in [4.69, 9.17) is 19.2 Å². The Morgan fingerprint density at radius 1 is 0.895 bits per heavy atom. The van der Waals surface area contributed by atoms with Crippen molar-refractivity contribution < 1.29 is 19.0 Å². The number of carbonyl (C=O) groups is 1. The topological polar surface area (TPSA) is 64.1 Å². The molecule has 2 heterocycles. The third kappa shape index (κ3) is 4.96. The number of nitrogens with zero attached hydrogens (tertiary/aromatic N) is 3. The minimum Gasteiger partial charge on any atom is -0.497 e. The van der Waals surface area contributed by atoms with Gasteiger partial charge in [-0.15, -0.1) is 0 Å². The highest BCUT2D eigenvalue weighted by Gasteiger charge is 2.26. The molecule has 3 aromatic carbocycles. The molecule has 1 amide bonds. The lowest BCUT2D eigenvalue weighted by Gasteiger charge is -2.37. The second-order valence-corrected chi connectivity index (χ2v) is 9.32. The van der Waals surface area contributed by atoms with E-state index in [-0.39, 0.29) is 5.91 Å². The normalized spacial score (nSPS) is 13.5. The first-order valence-electron chi connectivity index (χ1n) is 12.9. The summed E-state index contributed by atoms with van der Waals surface area (Å²) in [4.78, 5) is 23.1. The molecule has 0 atom stereocenters. The molecule has 7 nitrogen and oxygen atoms in total. The van der Waals surface area contributed by atoms with Crippen LogP contribution in [0.1, 0.15) is 22.8 Å². The highest BCUT2D eigenvalue weighted by atomic mass is 16.5. The SMILES string of the molecule is CCOc1ccccc1N1CCN(C(=O)c2cc(-c3ccc(OC)cc3OC)nc3ccc(C)cc23)CC1. The zero-order valence-corrected chi connectivity index (χ0v) is 22.4. The Kier molecular flexibility index (Phi) is 7.36. The lowest BCUT2D eigenvalue weighted by Crippen LogP contribution is -2.49. The zero-order chi connectivity index (χ0) is 26.6. The third-order valence-corrected chi connectivity index (χ3v) is 6.95. The van der Waals surface area contributed by atoms with Crippen molar-refractivity contribution in [1.82, 2.24) is 9.88 Å². The van der Waals surface area contributed by atoms with Gasteiger partial charge in [-0.2, -0.15) is 0 Å². The Bertz CT molecular complexity index is 1460. The molecule has 0 aliphatic carbocycles. The van der Waals surface area contributed by atoms with Crippen LogP contribution < -0.4 is 19.1 Å². The van der Waals surface area contributed by atoms with Gasteiger partial charge < -0.3 is 24.0 Å². The quantitative estimate of drug-likeness (QED) is 0.322. The van der Waals surface area contributed by atoms with Crippen LogP contribution in [-0.2, 0) is 0 Å². The highest BCUT2D eigenvalue weighted by molar-refractivity contribution is 6.07. The van der Waals surface area contributed by atoms with E-state index >= 15 is 0 Å². The summed E-state index contributed by atoms with van der Waals surface area (Å²) >= 11 is 0. The number of piperazine rings is 1. The van der Waals surface area contributed by atoms with Crippen LogP contribution in [0.2, 0.25) is 0 Å². The Morgan fingerprint density at radius 2 is 1.68 bits per heavy atom. The second kappa shape index (κ2) is 11.0. The zero-order valence-electron chi connectivity index (χ0n) is 22.4. The van der Waals surface area contributed by atoms with Crippen LogP contribution >= 0.6 is 0 Å². The minimum atomic E-state index is 0.00877. The number of anilines is 1. The van der Waals surface area contributed by atoms with E-state index in [0.29, 0.717) is 42.5 Å². The van der Waals surface area contributed by atoms with E-state index < -0.39 is 0 Å². The maximum Gasteiger partial charge on any atom is 0.254 e. The van der Waals surface area contributed by atoms with Crippen molar-refractivity contribution in [3.05, 3.63) is 77.9 Å². The van der Waals surface area contributed by atoms with Gasteiger partial charge in [0.25, 0.3) is 5.91 Å². The average molecular weight is 512 g/mol. The fraction of sp³-hybridized carbons (Fsp3) is 0.290. The summed E-state index contributed by atoms with van der Waals surface area (Å²) in [6.07, 6.45) is 0. The molecule has 1 saturated heterocycles. The first-order chi connectivity index (χ1) is 18.5. The van der Waals surface area contributed by atoms with Crippen molar-refractivity contribution in [1.29, 1.82) is 0 Å². The molecule has 7 heteroatoms. The van der Waals surface area contributed by atoms with E-state index in [0.717, 1.165) is 46.6 Å². The summed E-state index contributed by atoms with van der Waals surface area (Å²) in [6, 6.07) is 21.6. The van der Waals surface area contributed by atoms with Crippen molar-refractivity contribution in [3.63, 3.8) is 0 Å². The number of hydrogen-bond acceptors (Lipinski definition) is 6. The molecule has 1 aromatic heterocycles. The first kappa shape index (κ1) is 25.4. The average Bonchev–Trinajstić information content (AvgIpc) is 2.96. The van der Waals surface area contributed by atoms with Gasteiger partial charge in [-0.05, 0) is 56.3 Å². The van der Waals surface area contributed by atoms with Crippen molar-refractivity contribution in [2.75, 3.05) is 51.9 Å². The molecule has 0 N–H and O–H groups in total. The Hall–Kier alpha value is -4.26. The van der Waals surface area contributed by atoms with Crippen molar-refractivity contribution in [2.45, 2.75) is 13.8 Å². The van der Waals surface area contributed by atoms with Gasteiger partial charge in [-0.1, -0.05) is 23.8 Å². The Balaban J connectivity index is 1.47. The van der Waals surface area contributed by atoms with Crippen LogP contribution in [0.3, 0.4) is 0 Å². The van der Waals surface area contributed by atoms with Crippen LogP contribution in [-0.4, -0.2) is 62.8 Å². The number of benzene rings is 3. The van der Waals surface area contributed by atoms with E-state index in [1.165, 1.54) is 0 Å². The van der Waals surface area contributed by atoms with Crippen LogP contribution in [0.25, 0.3) is 22.2 Å². The number of aryl methyl sites for hydroxylation is 1. The fourth-order valence-electron chi connectivity index (χ4n) is 4.98. The molecular weight excluding hydrogens is 478 g/mol. The molecular formula is C31H33N3O4. The van der Waals surface area contributed by atoms with E-state index in [9.17, 15) is 4.79 Å². The predicted molar refractivity (Wildman–Crippen MR) is 151 cm³/mol. The molecule has 1 fully saturated rings. The molecule has 0 saturated carbocycles. The summed E-state index contributed by atoms with van der Waals surface area (Å²) in [5.41, 5.74) is 5.07. The number of methoxy groups -OCH3 is 2. The first-order valence-corrected chi connectivity index (χ1v) is 12.9. The van der Waals surface area contributed by atoms with Crippen LogP contribution in [0, 0.1) is 6.92 Å². The highest BCUT2D eigenvalue weighted by Crippen LogP contribution is 2.35. The summed E-state index contributed by atoms with van der Waals surface area (Å²) < 4.78 is 16.8. The molecule has 1 aliphatic rings. The minimum absolute atomic E-state index is 0.00877. The number of hydrogen-bond donors (Lipinski definition) is 0. The Labute approximate surface area is 223 Å². The van der Waals surface area contributed by atoms with Crippen LogP contribution in [0.5, 0.6) is 17.2 Å². The number of aromatic nitrogens is 1. The molecule has 196 valence electrons. The molecule has 0 unspecified atom stereocenters. The van der Waals surface area contributed by atoms with Gasteiger partial charge in [0.05, 0.1) is 43.3 Å². The summed E-state index contributed by atoms with van der Waals surface area (Å²) in [5, 5.41) is 0.857. The predicted octanol–water partition coefficient (Wildman–Crippen LogP) is 5.59. The van der Waals surface area contributed by atoms with Gasteiger partial charge in [0, 0.05) is 43.2 Å². The fourth-order valence-corrected chi connectivity index (χ4v) is 4.98. The number of para-hydroxylation sites is 2. The van der Waals surface area contributed by atoms with Crippen molar-refractivity contribution in [2.24, 2.45) is 0 Å². The van der Waals surface area contributed by atoms with Gasteiger partial charge in [0.15, 0.2) is 0 Å². The molecule has 0 spiro atoms. The van der Waals surface area contributed by atoms with E-state index in [1.807, 2.05) is 79.4 Å². The smallest absolute Gasteiger partial charge is 0.254 e. The van der Waals surface area contributed by atoms with E-state index in [2.05, 4.69) is 11.0 Å². The lowest BCUT2D eigenvalue weighted by atomic mass is 10.0. The standard InChI is InChI=1S/C31H33N3O4/c1-5-38-29-9-7-6-8-28(29)33-14-16-34(17-15-33)31(35)25-20-27(32-26-13-10-21(2)18-24(25)26)23-12-11-22(36-3)19-30(23)37-4/h6-13,18-20H,5,14-17H2,1-4H3. The van der Waals surface area contributed by atoms with Gasteiger partial charge >= 0.3 is 0 Å². The molecule has 0 bridgehead atoms. The molecule has 1 aliphatic heterocycles. The number of ether oxygens (including phenoxy) is 3. The maximum atomic E-state index is 14.0. The van der Waals surface area contributed by atoms with Crippen LogP contribution in [0.15, 0.2) is 66.7 Å². The number of pyridine rings is 1. The number of rotatable bonds is 7. The molecule has 5 rings (SSSR count). The molecule has 38 heavy (non-hydrogen) atoms. The van der Waals surface area contributed by atoms with Gasteiger partial charge in [0.1, 0.15) is 17.2 Å². The number of carbonyl (C=O) groups excluding carboxylic acids is 1. The monoisotopic (exact) mass is 511 g/mol. The van der Waals surface area contributed by atoms with Gasteiger partial charge in [-0.25, -0.2) is 4.98 Å². The largest absolute Gasteiger partial charge is 0.497 e. The third-order valence-electron chi connectivity index (χ3n) is 6.95. The van der Waals surface area contributed by atoms with Gasteiger partial charge in [0.2, 0.25) is 0 Å². The summed E-state index contributed by atoms with van der Waals surface area (Å²) in [5.74, 6) is 2.23.